The number of pyridine rings is 1. The first-order chi connectivity index (χ1) is 19.0. The molecule has 8 nitrogen and oxygen atoms in total. The molecule has 3 heterocycles. The normalized spacial score (nSPS) is 15.1. The molecule has 0 amide bonds. The number of aryl methyl sites for hydroxylation is 2. The summed E-state index contributed by atoms with van der Waals surface area (Å²) in [5, 5.41) is 13.9. The summed E-state index contributed by atoms with van der Waals surface area (Å²) in [6.07, 6.45) is 0. The molecule has 1 atom stereocenters. The Balaban J connectivity index is 1.39. The number of tetrazole rings is 1. The van der Waals surface area contributed by atoms with Gasteiger partial charge in [-0.2, -0.15) is 0 Å². The van der Waals surface area contributed by atoms with Gasteiger partial charge in [-0.05, 0) is 77.5 Å². The second kappa shape index (κ2) is 10.5. The number of hydrogen-bond acceptors (Lipinski definition) is 6. The molecule has 8 heteroatoms. The minimum atomic E-state index is -0.377. The maximum Gasteiger partial charge on any atom is 0.253 e. The number of benzene rings is 3. The molecule has 5 aromatic rings. The smallest absolute Gasteiger partial charge is 0.253 e. The van der Waals surface area contributed by atoms with Gasteiger partial charge < -0.3 is 9.88 Å². The lowest BCUT2D eigenvalue weighted by Crippen LogP contribution is -2.49. The highest BCUT2D eigenvalue weighted by molar-refractivity contribution is 5.79. The fourth-order valence-electron chi connectivity index (χ4n) is 5.62. The highest BCUT2D eigenvalue weighted by atomic mass is 16.1. The molecule has 198 valence electrons. The van der Waals surface area contributed by atoms with Crippen LogP contribution in [0.25, 0.3) is 10.9 Å². The topological polar surface area (TPSA) is 82.9 Å². The van der Waals surface area contributed by atoms with E-state index in [1.54, 1.807) is 0 Å². The van der Waals surface area contributed by atoms with Gasteiger partial charge in [0.2, 0.25) is 0 Å². The number of nitrogens with one attached hydrogen (secondary N) is 1. The number of aromatic amines is 1. The van der Waals surface area contributed by atoms with Crippen LogP contribution in [0.1, 0.15) is 39.7 Å². The first-order valence-electron chi connectivity index (χ1n) is 13.5. The predicted molar refractivity (Wildman–Crippen MR) is 154 cm³/mol. The van der Waals surface area contributed by atoms with Crippen molar-refractivity contribution in [1.82, 2.24) is 30.1 Å². The van der Waals surface area contributed by atoms with E-state index in [-0.39, 0.29) is 11.6 Å². The lowest BCUT2D eigenvalue weighted by molar-refractivity contribution is 0.200. The van der Waals surface area contributed by atoms with Gasteiger partial charge in [0.25, 0.3) is 5.56 Å². The third-order valence-electron chi connectivity index (χ3n) is 7.90. The van der Waals surface area contributed by atoms with E-state index in [1.807, 2.05) is 41.1 Å². The number of hydrogen-bond donors (Lipinski definition) is 1. The fraction of sp³-hybridized carbons (Fsp3) is 0.290. The molecule has 1 unspecified atom stereocenters. The monoisotopic (exact) mass is 519 g/mol. The molecule has 1 N–H and O–H groups in total. The first-order valence-corrected chi connectivity index (χ1v) is 13.5. The number of anilines is 1. The van der Waals surface area contributed by atoms with Crippen LogP contribution in [0.3, 0.4) is 0 Å². The van der Waals surface area contributed by atoms with Gasteiger partial charge >= 0.3 is 0 Å². The number of rotatable bonds is 6. The van der Waals surface area contributed by atoms with Gasteiger partial charge in [0.05, 0.1) is 6.54 Å². The standard InChI is InChI=1S/C31H33N7O/c1-21-12-13-27-25(18-21)19-26(31(39)32-27)29(30-33-34-35-38(30)20-24-9-5-4-6-10-24)37-16-14-36(15-17-37)28-11-7-8-22(2)23(28)3/h4-13,18-19,29H,14-17,20H2,1-3H3,(H,32,39). The zero-order valence-electron chi connectivity index (χ0n) is 22.6. The number of fused-ring (bicyclic) bond motifs is 1. The molecular formula is C31H33N7O. The number of nitrogens with zero attached hydrogens (tertiary/aromatic N) is 6. The Morgan fingerprint density at radius 2 is 1.69 bits per heavy atom. The van der Waals surface area contributed by atoms with Crippen molar-refractivity contribution in [3.63, 3.8) is 0 Å². The van der Waals surface area contributed by atoms with Gasteiger partial charge in [-0.3, -0.25) is 9.69 Å². The van der Waals surface area contributed by atoms with Crippen LogP contribution in [-0.2, 0) is 6.54 Å². The van der Waals surface area contributed by atoms with Crippen molar-refractivity contribution in [3.05, 3.63) is 117 Å². The van der Waals surface area contributed by atoms with Gasteiger partial charge in [-0.15, -0.1) is 5.10 Å². The van der Waals surface area contributed by atoms with E-state index in [4.69, 9.17) is 0 Å². The van der Waals surface area contributed by atoms with E-state index in [2.05, 4.69) is 87.5 Å². The first kappa shape index (κ1) is 25.0. The van der Waals surface area contributed by atoms with E-state index in [0.717, 1.165) is 48.2 Å². The van der Waals surface area contributed by atoms with E-state index < -0.39 is 0 Å². The highest BCUT2D eigenvalue weighted by Crippen LogP contribution is 2.30. The van der Waals surface area contributed by atoms with Crippen LogP contribution >= 0.6 is 0 Å². The average molecular weight is 520 g/mol. The number of H-pyrrole nitrogens is 1. The third kappa shape index (κ3) is 4.95. The second-order valence-corrected chi connectivity index (χ2v) is 10.5. The molecule has 0 radical (unpaired) electrons. The second-order valence-electron chi connectivity index (χ2n) is 10.5. The maximum absolute atomic E-state index is 13.6. The maximum atomic E-state index is 13.6. The summed E-state index contributed by atoms with van der Waals surface area (Å²) in [6, 6.07) is 24.4. The van der Waals surface area contributed by atoms with Crippen molar-refractivity contribution in [1.29, 1.82) is 0 Å². The molecule has 3 aromatic carbocycles. The van der Waals surface area contributed by atoms with Crippen LogP contribution in [-0.4, -0.2) is 56.3 Å². The minimum Gasteiger partial charge on any atom is -0.369 e. The highest BCUT2D eigenvalue weighted by Gasteiger charge is 2.33. The fourth-order valence-corrected chi connectivity index (χ4v) is 5.62. The van der Waals surface area contributed by atoms with Crippen molar-refractivity contribution < 1.29 is 0 Å². The van der Waals surface area contributed by atoms with Crippen molar-refractivity contribution in [2.24, 2.45) is 0 Å². The molecule has 0 spiro atoms. The quantitative estimate of drug-likeness (QED) is 0.358. The van der Waals surface area contributed by atoms with Crippen LogP contribution in [0.2, 0.25) is 0 Å². The van der Waals surface area contributed by atoms with Crippen LogP contribution in [0.5, 0.6) is 0 Å². The Morgan fingerprint density at radius 1 is 0.897 bits per heavy atom. The Bertz CT molecular complexity index is 1670. The number of aromatic nitrogens is 5. The minimum absolute atomic E-state index is 0.109. The molecular weight excluding hydrogens is 486 g/mol. The lowest BCUT2D eigenvalue weighted by atomic mass is 10.0. The van der Waals surface area contributed by atoms with Gasteiger partial charge in [0.15, 0.2) is 5.82 Å². The summed E-state index contributed by atoms with van der Waals surface area (Å²) in [5.41, 5.74) is 7.53. The van der Waals surface area contributed by atoms with E-state index in [9.17, 15) is 4.79 Å². The molecule has 6 rings (SSSR count). The van der Waals surface area contributed by atoms with Crippen LogP contribution in [0.15, 0.2) is 77.6 Å². The zero-order chi connectivity index (χ0) is 26.9. The Morgan fingerprint density at radius 3 is 2.49 bits per heavy atom. The molecule has 39 heavy (non-hydrogen) atoms. The summed E-state index contributed by atoms with van der Waals surface area (Å²) in [5.74, 6) is 0.677. The molecule has 0 saturated carbocycles. The zero-order valence-corrected chi connectivity index (χ0v) is 22.6. The summed E-state index contributed by atoms with van der Waals surface area (Å²) in [6.45, 7) is 10.2. The molecule has 1 fully saturated rings. The van der Waals surface area contributed by atoms with E-state index in [1.165, 1.54) is 16.8 Å². The van der Waals surface area contributed by atoms with Crippen LogP contribution < -0.4 is 10.5 Å². The van der Waals surface area contributed by atoms with Crippen LogP contribution in [0, 0.1) is 20.8 Å². The van der Waals surface area contributed by atoms with Gasteiger partial charge in [0, 0.05) is 42.9 Å². The molecule has 1 aliphatic heterocycles. The Hall–Kier alpha value is -4.30. The van der Waals surface area contributed by atoms with Crippen molar-refractivity contribution >= 4 is 16.6 Å². The molecule has 1 saturated heterocycles. The lowest BCUT2D eigenvalue weighted by Gasteiger charge is -2.40. The summed E-state index contributed by atoms with van der Waals surface area (Å²) in [7, 11) is 0. The van der Waals surface area contributed by atoms with Crippen molar-refractivity contribution in [2.45, 2.75) is 33.4 Å². The Kier molecular flexibility index (Phi) is 6.70. The molecule has 1 aliphatic rings. The van der Waals surface area contributed by atoms with Crippen molar-refractivity contribution in [2.75, 3.05) is 31.1 Å². The van der Waals surface area contributed by atoms with E-state index in [0.29, 0.717) is 17.9 Å². The summed E-state index contributed by atoms with van der Waals surface area (Å²) >= 11 is 0. The van der Waals surface area contributed by atoms with Gasteiger partial charge in [0.1, 0.15) is 6.04 Å². The number of piperazine rings is 1. The molecule has 0 bridgehead atoms. The SMILES string of the molecule is Cc1ccc2[nH]c(=O)c(C(c3nnnn3Cc3ccccc3)N3CCN(c4cccc(C)c4C)CC3)cc2c1. The third-order valence-corrected chi connectivity index (χ3v) is 7.90. The van der Waals surface area contributed by atoms with Crippen LogP contribution in [0.4, 0.5) is 5.69 Å². The van der Waals surface area contributed by atoms with Crippen molar-refractivity contribution in [3.8, 4) is 0 Å². The summed E-state index contributed by atoms with van der Waals surface area (Å²) in [4.78, 5) is 21.5. The van der Waals surface area contributed by atoms with Gasteiger partial charge in [-0.1, -0.05) is 54.1 Å². The summed E-state index contributed by atoms with van der Waals surface area (Å²) < 4.78 is 1.83. The molecule has 2 aromatic heterocycles. The van der Waals surface area contributed by atoms with Gasteiger partial charge in [-0.25, -0.2) is 4.68 Å². The Labute approximate surface area is 227 Å². The predicted octanol–water partition coefficient (Wildman–Crippen LogP) is 4.40. The largest absolute Gasteiger partial charge is 0.369 e. The molecule has 0 aliphatic carbocycles. The van der Waals surface area contributed by atoms with E-state index >= 15 is 0 Å². The average Bonchev–Trinajstić information content (AvgIpc) is 3.39.